The second kappa shape index (κ2) is 4.63. The van der Waals surface area contributed by atoms with Gasteiger partial charge in [-0.25, -0.2) is 4.98 Å². The second-order valence-electron chi connectivity index (χ2n) is 3.84. The lowest BCUT2D eigenvalue weighted by molar-refractivity contribution is 1.01. The molecule has 0 fully saturated rings. The van der Waals surface area contributed by atoms with Gasteiger partial charge < -0.3 is 4.57 Å². The molecule has 0 atom stereocenters. The molecule has 0 N–H and O–H groups in total. The molecular weight excluding hydrogens is 246 g/mol. The predicted octanol–water partition coefficient (Wildman–Crippen LogP) is 3.59. The Kier molecular flexibility index (Phi) is 2.82. The minimum atomic E-state index is 0.487. The first-order chi connectivity index (χ1) is 8.83. The fourth-order valence-corrected chi connectivity index (χ4v) is 1.92. The fourth-order valence-electron chi connectivity index (χ4n) is 1.77. The molecule has 0 aliphatic heterocycles. The van der Waals surface area contributed by atoms with Gasteiger partial charge in [0.05, 0.1) is 5.69 Å². The molecule has 0 unspecified atom stereocenters. The molecule has 4 heteroatoms. The molecule has 3 rings (SSSR count). The Morgan fingerprint density at radius 1 is 1.00 bits per heavy atom. The van der Waals surface area contributed by atoms with E-state index in [0.717, 1.165) is 17.1 Å². The normalized spacial score (nSPS) is 10.5. The van der Waals surface area contributed by atoms with Crippen molar-refractivity contribution < 1.29 is 0 Å². The van der Waals surface area contributed by atoms with E-state index < -0.39 is 0 Å². The zero-order valence-electron chi connectivity index (χ0n) is 9.49. The molecule has 88 valence electrons. The van der Waals surface area contributed by atoms with E-state index in [-0.39, 0.29) is 0 Å². The van der Waals surface area contributed by atoms with Crippen LogP contribution in [0.3, 0.4) is 0 Å². The maximum Gasteiger partial charge on any atom is 0.138 e. The summed E-state index contributed by atoms with van der Waals surface area (Å²) in [6, 6.07) is 13.4. The summed E-state index contributed by atoms with van der Waals surface area (Å²) in [4.78, 5) is 8.57. The standard InChI is InChI=1S/C14H10ClN3/c15-13-5-3-6-14(17-13)18-9-7-11(10-18)12-4-1-2-8-16-12/h1-10H. The quantitative estimate of drug-likeness (QED) is 0.655. The SMILES string of the molecule is Clc1cccc(-n2ccc(-c3ccccn3)c2)n1. The third-order valence-corrected chi connectivity index (χ3v) is 2.83. The third-order valence-electron chi connectivity index (χ3n) is 2.62. The molecule has 0 aliphatic carbocycles. The number of hydrogen-bond donors (Lipinski definition) is 0. The summed E-state index contributed by atoms with van der Waals surface area (Å²) in [5, 5.41) is 0.487. The summed E-state index contributed by atoms with van der Waals surface area (Å²) in [6.07, 6.45) is 5.72. The van der Waals surface area contributed by atoms with Gasteiger partial charge in [-0.1, -0.05) is 23.7 Å². The van der Waals surface area contributed by atoms with Gasteiger partial charge >= 0.3 is 0 Å². The van der Waals surface area contributed by atoms with Gasteiger partial charge in [0.25, 0.3) is 0 Å². The zero-order valence-corrected chi connectivity index (χ0v) is 10.2. The molecule has 3 aromatic rings. The van der Waals surface area contributed by atoms with Crippen LogP contribution in [0.5, 0.6) is 0 Å². The number of rotatable bonds is 2. The Morgan fingerprint density at radius 2 is 1.94 bits per heavy atom. The van der Waals surface area contributed by atoms with Crippen molar-refractivity contribution >= 4 is 11.6 Å². The lowest BCUT2D eigenvalue weighted by Crippen LogP contribution is -1.93. The van der Waals surface area contributed by atoms with Crippen LogP contribution in [0, 0.1) is 0 Å². The fraction of sp³-hybridized carbons (Fsp3) is 0. The maximum atomic E-state index is 5.88. The highest BCUT2D eigenvalue weighted by atomic mass is 35.5. The van der Waals surface area contributed by atoms with E-state index in [1.54, 1.807) is 12.3 Å². The summed E-state index contributed by atoms with van der Waals surface area (Å²) >= 11 is 5.88. The van der Waals surface area contributed by atoms with E-state index in [4.69, 9.17) is 11.6 Å². The van der Waals surface area contributed by atoms with Crippen molar-refractivity contribution in [1.82, 2.24) is 14.5 Å². The molecule has 18 heavy (non-hydrogen) atoms. The Balaban J connectivity index is 2.00. The first-order valence-corrected chi connectivity index (χ1v) is 5.93. The largest absolute Gasteiger partial charge is 0.308 e. The number of hydrogen-bond acceptors (Lipinski definition) is 2. The zero-order chi connectivity index (χ0) is 12.4. The van der Waals surface area contributed by atoms with Crippen LogP contribution in [0.25, 0.3) is 17.1 Å². The molecule has 0 amide bonds. The van der Waals surface area contributed by atoms with Crippen molar-refractivity contribution in [3.05, 3.63) is 66.2 Å². The summed E-state index contributed by atoms with van der Waals surface area (Å²) in [6.45, 7) is 0. The number of nitrogens with zero attached hydrogens (tertiary/aromatic N) is 3. The molecule has 3 aromatic heterocycles. The van der Waals surface area contributed by atoms with Crippen molar-refractivity contribution in [2.45, 2.75) is 0 Å². The van der Waals surface area contributed by atoms with E-state index in [0.29, 0.717) is 5.15 Å². The summed E-state index contributed by atoms with van der Waals surface area (Å²) in [5.74, 6) is 0.796. The molecule has 0 bridgehead atoms. The van der Waals surface area contributed by atoms with Crippen LogP contribution < -0.4 is 0 Å². The maximum absolute atomic E-state index is 5.88. The monoisotopic (exact) mass is 255 g/mol. The van der Waals surface area contributed by atoms with E-state index in [2.05, 4.69) is 9.97 Å². The highest BCUT2D eigenvalue weighted by molar-refractivity contribution is 6.29. The van der Waals surface area contributed by atoms with Crippen LogP contribution in [0.2, 0.25) is 5.15 Å². The molecule has 0 saturated heterocycles. The van der Waals surface area contributed by atoms with Crippen LogP contribution in [0.4, 0.5) is 0 Å². The molecule has 0 aromatic carbocycles. The summed E-state index contributed by atoms with van der Waals surface area (Å²) in [5.41, 5.74) is 2.00. The van der Waals surface area contributed by atoms with Crippen molar-refractivity contribution in [2.75, 3.05) is 0 Å². The highest BCUT2D eigenvalue weighted by Crippen LogP contribution is 2.19. The minimum Gasteiger partial charge on any atom is -0.308 e. The van der Waals surface area contributed by atoms with E-state index in [9.17, 15) is 0 Å². The number of pyridine rings is 2. The summed E-state index contributed by atoms with van der Waals surface area (Å²) in [7, 11) is 0. The van der Waals surface area contributed by atoms with E-state index in [1.807, 2.05) is 53.4 Å². The molecule has 3 nitrogen and oxygen atoms in total. The smallest absolute Gasteiger partial charge is 0.138 e. The summed E-state index contributed by atoms with van der Waals surface area (Å²) < 4.78 is 1.93. The Labute approximate surface area is 110 Å². The first-order valence-electron chi connectivity index (χ1n) is 5.55. The molecule has 0 spiro atoms. The van der Waals surface area contributed by atoms with Gasteiger partial charge in [-0.2, -0.15) is 0 Å². The van der Waals surface area contributed by atoms with Crippen molar-refractivity contribution in [1.29, 1.82) is 0 Å². The molecule has 0 aliphatic rings. The lowest BCUT2D eigenvalue weighted by Gasteiger charge is -2.01. The van der Waals surface area contributed by atoms with Crippen LogP contribution in [-0.2, 0) is 0 Å². The first kappa shape index (κ1) is 11.0. The number of aromatic nitrogens is 3. The lowest BCUT2D eigenvalue weighted by atomic mass is 10.2. The minimum absolute atomic E-state index is 0.487. The van der Waals surface area contributed by atoms with Gasteiger partial charge in [0.2, 0.25) is 0 Å². The van der Waals surface area contributed by atoms with E-state index in [1.165, 1.54) is 0 Å². The molecular formula is C14H10ClN3. The van der Waals surface area contributed by atoms with Crippen LogP contribution in [0.15, 0.2) is 61.1 Å². The predicted molar refractivity (Wildman–Crippen MR) is 71.8 cm³/mol. The van der Waals surface area contributed by atoms with Gasteiger partial charge in [-0.05, 0) is 30.3 Å². The average Bonchev–Trinajstić information content (AvgIpc) is 2.89. The highest BCUT2D eigenvalue weighted by Gasteiger charge is 2.03. The Morgan fingerprint density at radius 3 is 2.72 bits per heavy atom. The Bertz CT molecular complexity index is 662. The average molecular weight is 256 g/mol. The van der Waals surface area contributed by atoms with E-state index >= 15 is 0 Å². The van der Waals surface area contributed by atoms with Gasteiger partial charge in [0, 0.05) is 24.2 Å². The van der Waals surface area contributed by atoms with Gasteiger partial charge in [-0.3, -0.25) is 4.98 Å². The van der Waals surface area contributed by atoms with Gasteiger partial charge in [0.1, 0.15) is 11.0 Å². The molecule has 3 heterocycles. The van der Waals surface area contributed by atoms with Crippen molar-refractivity contribution in [3.8, 4) is 17.1 Å². The van der Waals surface area contributed by atoms with Crippen molar-refractivity contribution in [3.63, 3.8) is 0 Å². The van der Waals surface area contributed by atoms with Gasteiger partial charge in [0.15, 0.2) is 0 Å². The van der Waals surface area contributed by atoms with Gasteiger partial charge in [-0.15, -0.1) is 0 Å². The number of halogens is 1. The molecule has 0 radical (unpaired) electrons. The topological polar surface area (TPSA) is 30.7 Å². The van der Waals surface area contributed by atoms with Crippen molar-refractivity contribution in [2.24, 2.45) is 0 Å². The van der Waals surface area contributed by atoms with Crippen LogP contribution >= 0.6 is 11.6 Å². The third kappa shape index (κ3) is 2.13. The Hall–Kier alpha value is -2.13. The second-order valence-corrected chi connectivity index (χ2v) is 4.23. The van der Waals surface area contributed by atoms with Crippen LogP contribution in [0.1, 0.15) is 0 Å². The molecule has 0 saturated carbocycles. The van der Waals surface area contributed by atoms with Crippen LogP contribution in [-0.4, -0.2) is 14.5 Å².